The lowest BCUT2D eigenvalue weighted by Crippen LogP contribution is -2.03. The number of hydrogen-bond acceptors (Lipinski definition) is 2. The van der Waals surface area contributed by atoms with Crippen LogP contribution in [0.4, 0.5) is 0 Å². The summed E-state index contributed by atoms with van der Waals surface area (Å²) in [7, 11) is 0. The third-order valence-corrected chi connectivity index (χ3v) is 5.48. The monoisotopic (exact) mass is 379 g/mol. The highest BCUT2D eigenvalue weighted by molar-refractivity contribution is 5.85. The Bertz CT molecular complexity index is 985. The van der Waals surface area contributed by atoms with Gasteiger partial charge in [0.05, 0.1) is 0 Å². The zero-order valence-corrected chi connectivity index (χ0v) is 16.9. The fourth-order valence-electron chi connectivity index (χ4n) is 3.95. The van der Waals surface area contributed by atoms with Gasteiger partial charge in [-0.1, -0.05) is 44.2 Å². The lowest BCUT2D eigenvalue weighted by Gasteiger charge is -2.13. The van der Waals surface area contributed by atoms with Crippen molar-refractivity contribution in [1.82, 2.24) is 4.57 Å². The van der Waals surface area contributed by atoms with E-state index in [1.807, 2.05) is 6.07 Å². The number of aryl methyl sites for hydroxylation is 1. The summed E-state index contributed by atoms with van der Waals surface area (Å²) < 4.78 is 2.33. The average Bonchev–Trinajstić information content (AvgIpc) is 2.92. The predicted molar refractivity (Wildman–Crippen MR) is 113 cm³/mol. The Balaban J connectivity index is 1.92. The molecule has 2 N–H and O–H groups in total. The topological polar surface area (TPSA) is 62.5 Å². The summed E-state index contributed by atoms with van der Waals surface area (Å²) in [6.07, 6.45) is 2.68. The van der Waals surface area contributed by atoms with Gasteiger partial charge in [0.1, 0.15) is 5.75 Å². The number of nitrogens with zero attached hydrogens (tertiary/aromatic N) is 1. The van der Waals surface area contributed by atoms with Gasteiger partial charge in [0, 0.05) is 29.6 Å². The second kappa shape index (κ2) is 8.51. The minimum absolute atomic E-state index is 0.225. The highest BCUT2D eigenvalue weighted by Crippen LogP contribution is 2.30. The SMILES string of the molecule is Cc1c(CCCCC(=O)O)c2ccccc2n1Cc1ccc(O)c(C(C)C)c1. The first-order valence-electron chi connectivity index (χ1n) is 9.98. The van der Waals surface area contributed by atoms with Crippen LogP contribution in [-0.4, -0.2) is 20.7 Å². The molecule has 2 aromatic carbocycles. The maximum absolute atomic E-state index is 10.8. The summed E-state index contributed by atoms with van der Waals surface area (Å²) >= 11 is 0. The van der Waals surface area contributed by atoms with Crippen LogP contribution in [0.2, 0.25) is 0 Å². The largest absolute Gasteiger partial charge is 0.508 e. The van der Waals surface area contributed by atoms with E-state index in [2.05, 4.69) is 55.7 Å². The maximum Gasteiger partial charge on any atom is 0.303 e. The van der Waals surface area contributed by atoms with Gasteiger partial charge >= 0.3 is 5.97 Å². The molecule has 3 aromatic rings. The molecular weight excluding hydrogens is 350 g/mol. The van der Waals surface area contributed by atoms with Crippen LogP contribution < -0.4 is 0 Å². The molecule has 0 aliphatic heterocycles. The summed E-state index contributed by atoms with van der Waals surface area (Å²) in [4.78, 5) is 10.8. The predicted octanol–water partition coefficient (Wildman–Crippen LogP) is 5.62. The van der Waals surface area contributed by atoms with Crippen molar-refractivity contribution in [2.75, 3.05) is 0 Å². The van der Waals surface area contributed by atoms with Crippen LogP contribution in [0.3, 0.4) is 0 Å². The van der Waals surface area contributed by atoms with Crippen LogP contribution in [0.25, 0.3) is 10.9 Å². The van der Waals surface area contributed by atoms with E-state index >= 15 is 0 Å². The molecule has 0 radical (unpaired) electrons. The van der Waals surface area contributed by atoms with Crippen LogP contribution in [-0.2, 0) is 17.8 Å². The highest BCUT2D eigenvalue weighted by atomic mass is 16.4. The lowest BCUT2D eigenvalue weighted by atomic mass is 9.99. The number of aromatic nitrogens is 1. The van der Waals surface area contributed by atoms with E-state index < -0.39 is 5.97 Å². The third kappa shape index (κ3) is 4.22. The first-order valence-corrected chi connectivity index (χ1v) is 9.98. The van der Waals surface area contributed by atoms with E-state index in [1.165, 1.54) is 27.7 Å². The summed E-state index contributed by atoms with van der Waals surface area (Å²) in [5.41, 5.74) is 5.88. The van der Waals surface area contributed by atoms with E-state index in [4.69, 9.17) is 5.11 Å². The number of phenols is 1. The second-order valence-corrected chi connectivity index (χ2v) is 7.82. The second-order valence-electron chi connectivity index (χ2n) is 7.82. The molecule has 3 rings (SSSR count). The third-order valence-electron chi connectivity index (χ3n) is 5.48. The standard InChI is InChI=1S/C24H29NO3/c1-16(2)21-14-18(12-13-23(21)26)15-25-17(3)19(8-5-7-11-24(27)28)20-9-4-6-10-22(20)25/h4,6,9-10,12-14,16,26H,5,7-8,11,15H2,1-3H3,(H,27,28). The van der Waals surface area contributed by atoms with Gasteiger partial charge in [0.25, 0.3) is 0 Å². The number of aromatic hydroxyl groups is 1. The van der Waals surface area contributed by atoms with E-state index in [0.29, 0.717) is 12.2 Å². The van der Waals surface area contributed by atoms with E-state index in [0.717, 1.165) is 24.9 Å². The van der Waals surface area contributed by atoms with Crippen LogP contribution >= 0.6 is 0 Å². The van der Waals surface area contributed by atoms with Crippen LogP contribution in [0.1, 0.15) is 61.4 Å². The molecule has 0 aliphatic carbocycles. The first kappa shape index (κ1) is 20.0. The molecular formula is C24H29NO3. The lowest BCUT2D eigenvalue weighted by molar-refractivity contribution is -0.137. The molecule has 0 spiro atoms. The highest BCUT2D eigenvalue weighted by Gasteiger charge is 2.15. The average molecular weight is 380 g/mol. The number of aliphatic carboxylic acids is 1. The number of phenolic OH excluding ortho intramolecular Hbond substituents is 1. The molecule has 4 nitrogen and oxygen atoms in total. The Hall–Kier alpha value is -2.75. The molecule has 0 saturated heterocycles. The Kier molecular flexibility index (Phi) is 6.08. The molecule has 1 heterocycles. The number of unbranched alkanes of at least 4 members (excludes halogenated alkanes) is 1. The van der Waals surface area contributed by atoms with Crippen molar-refractivity contribution < 1.29 is 15.0 Å². The maximum atomic E-state index is 10.8. The van der Waals surface area contributed by atoms with Crippen LogP contribution in [0.15, 0.2) is 42.5 Å². The van der Waals surface area contributed by atoms with Crippen LogP contribution in [0.5, 0.6) is 5.75 Å². The zero-order valence-electron chi connectivity index (χ0n) is 16.9. The Morgan fingerprint density at radius 3 is 2.57 bits per heavy atom. The molecule has 1 aromatic heterocycles. The van der Waals surface area contributed by atoms with Crippen molar-refractivity contribution in [3.8, 4) is 5.75 Å². The molecule has 0 fully saturated rings. The smallest absolute Gasteiger partial charge is 0.303 e. The Morgan fingerprint density at radius 1 is 1.11 bits per heavy atom. The number of carbonyl (C=O) groups is 1. The van der Waals surface area contributed by atoms with Gasteiger partial charge in [0.15, 0.2) is 0 Å². The van der Waals surface area contributed by atoms with Gasteiger partial charge in [-0.3, -0.25) is 4.79 Å². The van der Waals surface area contributed by atoms with Gasteiger partial charge in [-0.05, 0) is 60.9 Å². The first-order chi connectivity index (χ1) is 13.4. The summed E-state index contributed by atoms with van der Waals surface area (Å²) in [5.74, 6) is -0.105. The van der Waals surface area contributed by atoms with Crippen molar-refractivity contribution in [3.05, 3.63) is 64.8 Å². The van der Waals surface area contributed by atoms with Gasteiger partial charge in [-0.25, -0.2) is 0 Å². The van der Waals surface area contributed by atoms with E-state index in [1.54, 1.807) is 6.07 Å². The number of para-hydroxylation sites is 1. The number of carboxylic acids is 1. The van der Waals surface area contributed by atoms with Crippen molar-refractivity contribution >= 4 is 16.9 Å². The quantitative estimate of drug-likeness (QED) is 0.499. The Labute approximate surface area is 166 Å². The number of hydrogen-bond donors (Lipinski definition) is 2. The van der Waals surface area contributed by atoms with Gasteiger partial charge < -0.3 is 14.8 Å². The van der Waals surface area contributed by atoms with E-state index in [9.17, 15) is 9.90 Å². The van der Waals surface area contributed by atoms with Crippen LogP contribution in [0, 0.1) is 6.92 Å². The normalized spacial score (nSPS) is 11.4. The molecule has 0 atom stereocenters. The molecule has 0 bridgehead atoms. The minimum atomic E-state index is -0.729. The number of rotatable bonds is 8. The number of benzene rings is 2. The summed E-state index contributed by atoms with van der Waals surface area (Å²) in [6.45, 7) is 7.08. The molecule has 28 heavy (non-hydrogen) atoms. The Morgan fingerprint density at radius 2 is 1.86 bits per heavy atom. The van der Waals surface area contributed by atoms with Gasteiger partial charge in [-0.2, -0.15) is 0 Å². The molecule has 0 aliphatic rings. The van der Waals surface area contributed by atoms with Crippen molar-refractivity contribution in [1.29, 1.82) is 0 Å². The van der Waals surface area contributed by atoms with Crippen molar-refractivity contribution in [3.63, 3.8) is 0 Å². The summed E-state index contributed by atoms with van der Waals surface area (Å²) in [6, 6.07) is 14.3. The molecule has 4 heteroatoms. The van der Waals surface area contributed by atoms with Gasteiger partial charge in [0.2, 0.25) is 0 Å². The molecule has 0 saturated carbocycles. The number of fused-ring (bicyclic) bond motifs is 1. The fraction of sp³-hybridized carbons (Fsp3) is 0.375. The molecule has 0 amide bonds. The van der Waals surface area contributed by atoms with Gasteiger partial charge in [-0.15, -0.1) is 0 Å². The zero-order chi connectivity index (χ0) is 20.3. The molecule has 0 unspecified atom stereocenters. The van der Waals surface area contributed by atoms with Crippen molar-refractivity contribution in [2.24, 2.45) is 0 Å². The number of carboxylic acid groups (broad SMARTS) is 1. The van der Waals surface area contributed by atoms with E-state index in [-0.39, 0.29) is 12.3 Å². The minimum Gasteiger partial charge on any atom is -0.508 e. The van der Waals surface area contributed by atoms with Crippen molar-refractivity contribution in [2.45, 2.75) is 58.9 Å². The summed E-state index contributed by atoms with van der Waals surface area (Å²) in [5, 5.41) is 20.2. The molecule has 148 valence electrons. The fourth-order valence-corrected chi connectivity index (χ4v) is 3.95.